The van der Waals surface area contributed by atoms with Crippen LogP contribution in [0, 0.1) is 5.41 Å². The zero-order chi connectivity index (χ0) is 13.7. The molecule has 0 saturated heterocycles. The van der Waals surface area contributed by atoms with E-state index in [0.717, 1.165) is 19.5 Å². The second-order valence-corrected chi connectivity index (χ2v) is 7.07. The predicted molar refractivity (Wildman–Crippen MR) is 75.3 cm³/mol. The van der Waals surface area contributed by atoms with Crippen molar-refractivity contribution in [2.24, 2.45) is 5.41 Å². The number of nitrogens with one attached hydrogen (secondary N) is 1. The van der Waals surface area contributed by atoms with Gasteiger partial charge in [-0.2, -0.15) is 0 Å². The van der Waals surface area contributed by atoms with E-state index in [0.29, 0.717) is 11.5 Å². The molecule has 0 radical (unpaired) electrons. The first-order valence-corrected chi connectivity index (χ1v) is 6.65. The van der Waals surface area contributed by atoms with E-state index in [1.165, 1.54) is 0 Å². The van der Waals surface area contributed by atoms with Crippen LogP contribution in [0.3, 0.4) is 0 Å². The van der Waals surface area contributed by atoms with Gasteiger partial charge in [0.05, 0.1) is 6.61 Å². The van der Waals surface area contributed by atoms with Crippen molar-refractivity contribution in [3.63, 3.8) is 0 Å². The highest BCUT2D eigenvalue weighted by Gasteiger charge is 2.24. The van der Waals surface area contributed by atoms with Gasteiger partial charge in [-0.1, -0.05) is 34.6 Å². The maximum Gasteiger partial charge on any atom is 0.0611 e. The van der Waals surface area contributed by atoms with Gasteiger partial charge in [-0.3, -0.25) is 0 Å². The monoisotopic (exact) mass is 244 g/mol. The fraction of sp³-hybridized carbons (Fsp3) is 1.00. The Bertz CT molecular complexity index is 211. The molecule has 104 valence electrons. The SMILES string of the molecule is CC(C)NC(C)(CO)CCN(C)CC(C)(C)C. The molecule has 1 atom stereocenters. The Balaban J connectivity index is 4.14. The molecule has 0 aliphatic rings. The third-order valence-corrected chi connectivity index (χ3v) is 2.78. The van der Waals surface area contributed by atoms with E-state index in [9.17, 15) is 5.11 Å². The molecule has 0 bridgehead atoms. The molecule has 0 heterocycles. The second kappa shape index (κ2) is 6.72. The Labute approximate surface area is 108 Å². The standard InChI is InChI=1S/C14H32N2O/c1-12(2)15-14(6,11-17)8-9-16(7)10-13(3,4)5/h12,15,17H,8-11H2,1-7H3. The lowest BCUT2D eigenvalue weighted by atomic mass is 9.94. The zero-order valence-corrected chi connectivity index (χ0v) is 12.8. The number of aliphatic hydroxyl groups is 1. The maximum atomic E-state index is 9.50. The highest BCUT2D eigenvalue weighted by molar-refractivity contribution is 4.85. The van der Waals surface area contributed by atoms with Crippen LogP contribution in [0.25, 0.3) is 0 Å². The molecule has 0 aliphatic carbocycles. The van der Waals surface area contributed by atoms with Crippen LogP contribution in [0.5, 0.6) is 0 Å². The summed E-state index contributed by atoms with van der Waals surface area (Å²) < 4.78 is 0. The molecule has 3 nitrogen and oxygen atoms in total. The summed E-state index contributed by atoms with van der Waals surface area (Å²) in [5.74, 6) is 0. The van der Waals surface area contributed by atoms with Gasteiger partial charge in [-0.25, -0.2) is 0 Å². The number of aliphatic hydroxyl groups excluding tert-OH is 1. The van der Waals surface area contributed by atoms with Crippen LogP contribution in [-0.2, 0) is 0 Å². The molecule has 17 heavy (non-hydrogen) atoms. The molecular formula is C14H32N2O. The zero-order valence-electron chi connectivity index (χ0n) is 12.8. The van der Waals surface area contributed by atoms with E-state index in [1.807, 2.05) is 0 Å². The topological polar surface area (TPSA) is 35.5 Å². The van der Waals surface area contributed by atoms with Crippen molar-refractivity contribution in [2.75, 3.05) is 26.7 Å². The van der Waals surface area contributed by atoms with Gasteiger partial charge in [-0.05, 0) is 32.4 Å². The Morgan fingerprint density at radius 1 is 1.18 bits per heavy atom. The molecule has 0 spiro atoms. The van der Waals surface area contributed by atoms with Gasteiger partial charge in [0.1, 0.15) is 0 Å². The molecule has 0 rings (SSSR count). The van der Waals surface area contributed by atoms with Gasteiger partial charge in [0.25, 0.3) is 0 Å². The summed E-state index contributed by atoms with van der Waals surface area (Å²) in [6.45, 7) is 15.4. The fourth-order valence-corrected chi connectivity index (χ4v) is 2.22. The number of rotatable bonds is 7. The summed E-state index contributed by atoms with van der Waals surface area (Å²) in [4.78, 5) is 2.34. The summed E-state index contributed by atoms with van der Waals surface area (Å²) in [6.07, 6.45) is 0.967. The first-order chi connectivity index (χ1) is 7.58. The fourth-order valence-electron chi connectivity index (χ4n) is 2.22. The molecule has 0 aliphatic heterocycles. The molecule has 0 fully saturated rings. The van der Waals surface area contributed by atoms with Crippen molar-refractivity contribution in [2.45, 2.75) is 59.5 Å². The lowest BCUT2D eigenvalue weighted by Gasteiger charge is -2.34. The maximum absolute atomic E-state index is 9.50. The van der Waals surface area contributed by atoms with E-state index < -0.39 is 0 Å². The third-order valence-electron chi connectivity index (χ3n) is 2.78. The molecule has 0 aromatic carbocycles. The molecule has 0 aromatic heterocycles. The predicted octanol–water partition coefficient (Wildman–Crippen LogP) is 2.10. The summed E-state index contributed by atoms with van der Waals surface area (Å²) >= 11 is 0. The highest BCUT2D eigenvalue weighted by atomic mass is 16.3. The molecule has 2 N–H and O–H groups in total. The normalized spacial score (nSPS) is 16.6. The van der Waals surface area contributed by atoms with Gasteiger partial charge in [-0.15, -0.1) is 0 Å². The van der Waals surface area contributed by atoms with Crippen molar-refractivity contribution < 1.29 is 5.11 Å². The summed E-state index contributed by atoms with van der Waals surface area (Å²) in [5, 5.41) is 12.9. The Morgan fingerprint density at radius 2 is 1.71 bits per heavy atom. The van der Waals surface area contributed by atoms with Gasteiger partial charge in [0.2, 0.25) is 0 Å². The first kappa shape index (κ1) is 16.9. The summed E-state index contributed by atoms with van der Waals surface area (Å²) in [7, 11) is 2.15. The lowest BCUT2D eigenvalue weighted by Crippen LogP contribution is -2.51. The van der Waals surface area contributed by atoms with E-state index in [2.05, 4.69) is 58.8 Å². The lowest BCUT2D eigenvalue weighted by molar-refractivity contribution is 0.134. The Hall–Kier alpha value is -0.120. The Morgan fingerprint density at radius 3 is 2.06 bits per heavy atom. The molecular weight excluding hydrogens is 212 g/mol. The average Bonchev–Trinajstić information content (AvgIpc) is 2.11. The minimum absolute atomic E-state index is 0.166. The number of hydrogen-bond acceptors (Lipinski definition) is 3. The molecule has 3 heteroatoms. The molecule has 0 amide bonds. The van der Waals surface area contributed by atoms with Crippen molar-refractivity contribution in [3.05, 3.63) is 0 Å². The van der Waals surface area contributed by atoms with Crippen LogP contribution in [0.15, 0.2) is 0 Å². The van der Waals surface area contributed by atoms with Crippen LogP contribution in [0.1, 0.15) is 48.0 Å². The van der Waals surface area contributed by atoms with Crippen molar-refractivity contribution >= 4 is 0 Å². The van der Waals surface area contributed by atoms with Crippen molar-refractivity contribution in [3.8, 4) is 0 Å². The highest BCUT2D eigenvalue weighted by Crippen LogP contribution is 2.16. The van der Waals surface area contributed by atoms with Crippen LogP contribution < -0.4 is 5.32 Å². The smallest absolute Gasteiger partial charge is 0.0611 e. The van der Waals surface area contributed by atoms with Crippen LogP contribution in [0.4, 0.5) is 0 Å². The van der Waals surface area contributed by atoms with Gasteiger partial charge in [0, 0.05) is 18.1 Å². The molecule has 1 unspecified atom stereocenters. The Kier molecular flexibility index (Phi) is 6.67. The number of hydrogen-bond donors (Lipinski definition) is 2. The van der Waals surface area contributed by atoms with Crippen LogP contribution >= 0.6 is 0 Å². The van der Waals surface area contributed by atoms with E-state index in [4.69, 9.17) is 0 Å². The third kappa shape index (κ3) is 8.58. The average molecular weight is 244 g/mol. The van der Waals surface area contributed by atoms with Gasteiger partial charge < -0.3 is 15.3 Å². The quantitative estimate of drug-likeness (QED) is 0.720. The van der Waals surface area contributed by atoms with E-state index in [-0.39, 0.29) is 12.1 Å². The van der Waals surface area contributed by atoms with Crippen molar-refractivity contribution in [1.29, 1.82) is 0 Å². The van der Waals surface area contributed by atoms with E-state index in [1.54, 1.807) is 0 Å². The molecule has 0 saturated carbocycles. The minimum atomic E-state index is -0.166. The summed E-state index contributed by atoms with van der Waals surface area (Å²) in [5.41, 5.74) is 0.163. The first-order valence-electron chi connectivity index (χ1n) is 6.65. The van der Waals surface area contributed by atoms with E-state index >= 15 is 0 Å². The van der Waals surface area contributed by atoms with Crippen molar-refractivity contribution in [1.82, 2.24) is 10.2 Å². The van der Waals surface area contributed by atoms with Gasteiger partial charge in [0.15, 0.2) is 0 Å². The summed E-state index contributed by atoms with van der Waals surface area (Å²) in [6, 6.07) is 0.403. The van der Waals surface area contributed by atoms with Crippen LogP contribution in [-0.4, -0.2) is 48.3 Å². The minimum Gasteiger partial charge on any atom is -0.394 e. The second-order valence-electron chi connectivity index (χ2n) is 7.07. The largest absolute Gasteiger partial charge is 0.394 e. The number of nitrogens with zero attached hydrogens (tertiary/aromatic N) is 1. The van der Waals surface area contributed by atoms with Crippen LogP contribution in [0.2, 0.25) is 0 Å². The molecule has 0 aromatic rings. The van der Waals surface area contributed by atoms with Gasteiger partial charge >= 0.3 is 0 Å².